The van der Waals surface area contributed by atoms with Gasteiger partial charge < -0.3 is 10.8 Å². The third kappa shape index (κ3) is 3.58. The molecule has 35 heavy (non-hydrogen) atoms. The zero-order valence-corrected chi connectivity index (χ0v) is 19.2. The highest BCUT2D eigenvalue weighted by Crippen LogP contribution is 2.43. The molecule has 3 aromatic carbocycles. The molecule has 5 aromatic rings. The summed E-state index contributed by atoms with van der Waals surface area (Å²) in [6.07, 6.45) is 0.515. The van der Waals surface area contributed by atoms with Crippen LogP contribution in [0.2, 0.25) is 0 Å². The molecule has 0 aliphatic carbocycles. The Kier molecular flexibility index (Phi) is 5.66. The van der Waals surface area contributed by atoms with Gasteiger partial charge in [-0.3, -0.25) is 4.90 Å². The number of pyridine rings is 1. The number of carboxylic acid groups (broad SMARTS) is 1. The Morgan fingerprint density at radius 1 is 0.914 bits per heavy atom. The molecule has 2 heterocycles. The number of anilines is 2. The highest BCUT2D eigenvalue weighted by atomic mass is 16.4. The third-order valence-electron chi connectivity index (χ3n) is 6.26. The van der Waals surface area contributed by atoms with E-state index in [1.165, 1.54) is 4.90 Å². The maximum atomic E-state index is 12.1. The van der Waals surface area contributed by atoms with Crippen molar-refractivity contribution in [2.75, 3.05) is 17.2 Å². The van der Waals surface area contributed by atoms with E-state index in [1.807, 2.05) is 59.3 Å². The van der Waals surface area contributed by atoms with Crippen molar-refractivity contribution in [3.05, 3.63) is 120 Å². The Balaban J connectivity index is 1.99. The van der Waals surface area contributed by atoms with Gasteiger partial charge in [-0.05, 0) is 23.6 Å². The van der Waals surface area contributed by atoms with Crippen LogP contribution < -0.4 is 10.6 Å². The van der Waals surface area contributed by atoms with E-state index in [9.17, 15) is 9.90 Å². The second kappa shape index (κ2) is 8.95. The standard InChI is InChI=1S/C28H25N5O2/c1-2-32(27(34)35)26-23-19-30-25(29)18-24(23)33(31-26)28(20-12-6-3-7-13-20,21-14-8-4-9-15-21)22-16-10-5-11-17-22/h3-19H,2H2,1H3,(H2,29,30)(H,34,35). The average molecular weight is 464 g/mol. The summed E-state index contributed by atoms with van der Waals surface area (Å²) in [5.41, 5.74) is 8.84. The van der Waals surface area contributed by atoms with Crippen LogP contribution in [0.15, 0.2) is 103 Å². The number of amides is 1. The summed E-state index contributed by atoms with van der Waals surface area (Å²) in [5.74, 6) is 0.640. The predicted molar refractivity (Wildman–Crippen MR) is 138 cm³/mol. The molecule has 0 unspecified atom stereocenters. The molecule has 0 radical (unpaired) electrons. The Morgan fingerprint density at radius 2 is 1.40 bits per heavy atom. The number of fused-ring (bicyclic) bond motifs is 1. The van der Waals surface area contributed by atoms with Crippen molar-refractivity contribution in [3.8, 4) is 0 Å². The summed E-state index contributed by atoms with van der Waals surface area (Å²) in [4.78, 5) is 17.6. The van der Waals surface area contributed by atoms with Crippen molar-refractivity contribution in [1.29, 1.82) is 0 Å². The summed E-state index contributed by atoms with van der Waals surface area (Å²) >= 11 is 0. The first-order chi connectivity index (χ1) is 17.1. The van der Waals surface area contributed by atoms with Gasteiger partial charge in [-0.1, -0.05) is 91.0 Å². The van der Waals surface area contributed by atoms with Gasteiger partial charge in [-0.25, -0.2) is 14.5 Å². The molecule has 7 heteroatoms. The Morgan fingerprint density at radius 3 is 1.83 bits per heavy atom. The molecule has 3 N–H and O–H groups in total. The number of carbonyl (C=O) groups is 1. The molecule has 7 nitrogen and oxygen atoms in total. The maximum absolute atomic E-state index is 12.1. The highest BCUT2D eigenvalue weighted by Gasteiger charge is 2.41. The molecule has 0 fully saturated rings. The van der Waals surface area contributed by atoms with Gasteiger partial charge in [0.05, 0.1) is 10.9 Å². The number of hydrogen-bond acceptors (Lipinski definition) is 4. The van der Waals surface area contributed by atoms with Crippen LogP contribution in [0.25, 0.3) is 10.9 Å². The largest absolute Gasteiger partial charge is 0.465 e. The Hall–Kier alpha value is -4.65. The van der Waals surface area contributed by atoms with E-state index >= 15 is 0 Å². The maximum Gasteiger partial charge on any atom is 0.413 e. The van der Waals surface area contributed by atoms with E-state index in [0.29, 0.717) is 22.5 Å². The van der Waals surface area contributed by atoms with Crippen LogP contribution in [0, 0.1) is 0 Å². The molecule has 0 aliphatic heterocycles. The van der Waals surface area contributed by atoms with Crippen LogP contribution in [0.4, 0.5) is 16.4 Å². The van der Waals surface area contributed by atoms with E-state index in [2.05, 4.69) is 41.4 Å². The lowest BCUT2D eigenvalue weighted by atomic mass is 9.77. The van der Waals surface area contributed by atoms with Crippen molar-refractivity contribution in [1.82, 2.24) is 14.8 Å². The quantitative estimate of drug-likeness (QED) is 0.331. The topological polar surface area (TPSA) is 97.3 Å². The summed E-state index contributed by atoms with van der Waals surface area (Å²) in [6, 6.07) is 32.0. The molecular formula is C28H25N5O2. The van der Waals surface area contributed by atoms with E-state index in [1.54, 1.807) is 19.2 Å². The Labute approximate surface area is 203 Å². The number of nitrogens with zero attached hydrogens (tertiary/aromatic N) is 4. The van der Waals surface area contributed by atoms with Crippen molar-refractivity contribution in [3.63, 3.8) is 0 Å². The minimum absolute atomic E-state index is 0.237. The van der Waals surface area contributed by atoms with Gasteiger partial charge in [0, 0.05) is 18.8 Å². The lowest BCUT2D eigenvalue weighted by Crippen LogP contribution is -2.39. The summed E-state index contributed by atoms with van der Waals surface area (Å²) in [6.45, 7) is 2.02. The number of hydrogen-bond donors (Lipinski definition) is 2. The van der Waals surface area contributed by atoms with Crippen LogP contribution in [0.1, 0.15) is 23.6 Å². The first-order valence-electron chi connectivity index (χ1n) is 11.4. The summed E-state index contributed by atoms with van der Waals surface area (Å²) in [7, 11) is 0. The number of benzene rings is 3. The molecule has 5 rings (SSSR count). The molecule has 0 aliphatic rings. The normalized spacial score (nSPS) is 11.5. The molecule has 2 aromatic heterocycles. The highest BCUT2D eigenvalue weighted by molar-refractivity contribution is 5.99. The second-order valence-electron chi connectivity index (χ2n) is 8.20. The zero-order chi connectivity index (χ0) is 24.4. The Bertz CT molecular complexity index is 1370. The monoisotopic (exact) mass is 463 g/mol. The predicted octanol–water partition coefficient (Wildman–Crippen LogP) is 5.36. The van der Waals surface area contributed by atoms with Gasteiger partial charge in [0.15, 0.2) is 5.82 Å². The molecule has 1 amide bonds. The molecule has 0 saturated carbocycles. The molecule has 0 spiro atoms. The van der Waals surface area contributed by atoms with Crippen LogP contribution in [-0.4, -0.2) is 32.5 Å². The minimum Gasteiger partial charge on any atom is -0.465 e. The summed E-state index contributed by atoms with van der Waals surface area (Å²) in [5, 5.41) is 15.5. The van der Waals surface area contributed by atoms with Crippen molar-refractivity contribution < 1.29 is 9.90 Å². The molecule has 0 atom stereocenters. The zero-order valence-electron chi connectivity index (χ0n) is 19.2. The lowest BCUT2D eigenvalue weighted by molar-refractivity contribution is 0.202. The smallest absolute Gasteiger partial charge is 0.413 e. The number of aromatic nitrogens is 3. The van der Waals surface area contributed by atoms with Crippen molar-refractivity contribution in [2.45, 2.75) is 12.5 Å². The third-order valence-corrected chi connectivity index (χ3v) is 6.26. The molecular weight excluding hydrogens is 438 g/mol. The van der Waals surface area contributed by atoms with Crippen molar-refractivity contribution in [2.24, 2.45) is 0 Å². The average Bonchev–Trinajstić information content (AvgIpc) is 3.25. The van der Waals surface area contributed by atoms with Gasteiger partial charge in [0.1, 0.15) is 11.4 Å². The molecule has 0 saturated heterocycles. The number of nitrogens with two attached hydrogens (primary N) is 1. The van der Waals surface area contributed by atoms with E-state index in [4.69, 9.17) is 10.8 Å². The van der Waals surface area contributed by atoms with Crippen LogP contribution in [0.3, 0.4) is 0 Å². The number of rotatable bonds is 6. The number of nitrogen functional groups attached to an aromatic ring is 1. The van der Waals surface area contributed by atoms with Crippen LogP contribution in [0.5, 0.6) is 0 Å². The van der Waals surface area contributed by atoms with Crippen LogP contribution >= 0.6 is 0 Å². The second-order valence-corrected chi connectivity index (χ2v) is 8.20. The fourth-order valence-corrected chi connectivity index (χ4v) is 4.75. The first kappa shape index (κ1) is 22.2. The van der Waals surface area contributed by atoms with E-state index in [-0.39, 0.29) is 6.54 Å². The van der Waals surface area contributed by atoms with Gasteiger partial charge in [0.25, 0.3) is 0 Å². The van der Waals surface area contributed by atoms with Gasteiger partial charge in [-0.15, -0.1) is 0 Å². The fraction of sp³-hybridized carbons (Fsp3) is 0.107. The SMILES string of the molecule is CCN(C(=O)O)c1nn(C(c2ccccc2)(c2ccccc2)c2ccccc2)c2cc(N)ncc12. The summed E-state index contributed by atoms with van der Waals surface area (Å²) < 4.78 is 1.89. The molecule has 174 valence electrons. The van der Waals surface area contributed by atoms with E-state index < -0.39 is 11.6 Å². The first-order valence-corrected chi connectivity index (χ1v) is 11.4. The minimum atomic E-state index is -1.08. The lowest BCUT2D eigenvalue weighted by Gasteiger charge is -2.37. The fourth-order valence-electron chi connectivity index (χ4n) is 4.75. The van der Waals surface area contributed by atoms with Crippen LogP contribution in [-0.2, 0) is 5.54 Å². The van der Waals surface area contributed by atoms with Crippen molar-refractivity contribution >= 4 is 28.6 Å². The van der Waals surface area contributed by atoms with Gasteiger partial charge in [-0.2, -0.15) is 5.10 Å². The molecule has 0 bridgehead atoms. The van der Waals surface area contributed by atoms with E-state index in [0.717, 1.165) is 16.7 Å². The van der Waals surface area contributed by atoms with Gasteiger partial charge in [0.2, 0.25) is 0 Å². The van der Waals surface area contributed by atoms with Gasteiger partial charge >= 0.3 is 6.09 Å².